The lowest BCUT2D eigenvalue weighted by atomic mass is 9.99. The van der Waals surface area contributed by atoms with Crippen LogP contribution in [0.4, 0.5) is 0 Å². The van der Waals surface area contributed by atoms with Crippen LogP contribution in [0, 0.1) is 34.6 Å². The van der Waals surface area contributed by atoms with Gasteiger partial charge in [-0.25, -0.2) is 64.8 Å². The molecule has 712 valence electrons. The van der Waals surface area contributed by atoms with Crippen LogP contribution in [0.5, 0.6) is 0 Å². The summed E-state index contributed by atoms with van der Waals surface area (Å²) in [6.45, 7) is 10.5. The molecule has 24 aromatic rings. The Morgan fingerprint density at radius 1 is 0.0872 bits per heavy atom. The highest BCUT2D eigenvalue weighted by Crippen LogP contribution is 2.38. The zero-order chi connectivity index (χ0) is 101. The van der Waals surface area contributed by atoms with E-state index in [1.54, 1.807) is 0 Å². The van der Waals surface area contributed by atoms with Crippen LogP contribution in [0.25, 0.3) is 215 Å². The minimum atomic E-state index is 0.668. The first-order valence-electron chi connectivity index (χ1n) is 49.7. The number of rotatable bonds is 19. The topological polar surface area (TPSA) is 168 Å². The first-order valence-corrected chi connectivity index (χ1v) is 49.7. The van der Waals surface area contributed by atoms with Crippen molar-refractivity contribution in [3.8, 4) is 215 Å². The number of nitrogens with zero attached hydrogens (tertiary/aromatic N) is 13. The van der Waals surface area contributed by atoms with E-state index in [4.69, 9.17) is 64.8 Å². The van der Waals surface area contributed by atoms with Crippen molar-refractivity contribution in [2.75, 3.05) is 0 Å². The molecule has 0 aliphatic carbocycles. The number of benzene rings is 19. The predicted molar refractivity (Wildman–Crippen MR) is 611 cm³/mol. The first kappa shape index (κ1) is 96.8. The van der Waals surface area contributed by atoms with Crippen molar-refractivity contribution in [3.05, 3.63) is 562 Å². The van der Waals surface area contributed by atoms with Gasteiger partial charge in [-0.1, -0.05) is 508 Å². The molecular weight excluding hydrogens is 1820 g/mol. The van der Waals surface area contributed by atoms with Gasteiger partial charge < -0.3 is 0 Å². The molecule has 5 aromatic heterocycles. The fraction of sp³-hybridized carbons (Fsp3) is 0.0368. The molecule has 0 spiro atoms. The summed E-state index contributed by atoms with van der Waals surface area (Å²) in [7, 11) is 0. The first-order chi connectivity index (χ1) is 73.3. The van der Waals surface area contributed by atoms with Gasteiger partial charge in [-0.05, 0) is 133 Å². The molecule has 13 heteroatoms. The molecule has 0 radical (unpaired) electrons. The predicted octanol–water partition coefficient (Wildman–Crippen LogP) is 33.8. The lowest BCUT2D eigenvalue weighted by molar-refractivity contribution is 1.07. The molecule has 0 N–H and O–H groups in total. The summed E-state index contributed by atoms with van der Waals surface area (Å²) in [5.74, 6) is 7.54. The zero-order valence-corrected chi connectivity index (χ0v) is 83.1. The third-order valence-electron chi connectivity index (χ3n) is 25.0. The zero-order valence-electron chi connectivity index (χ0n) is 83.1. The second-order valence-electron chi connectivity index (χ2n) is 36.2. The van der Waals surface area contributed by atoms with Crippen molar-refractivity contribution in [3.63, 3.8) is 0 Å². The summed E-state index contributed by atoms with van der Waals surface area (Å²) in [5.41, 5.74) is 34.3. The van der Waals surface area contributed by atoms with Crippen LogP contribution in [0.15, 0.2) is 534 Å². The maximum atomic E-state index is 4.96. The summed E-state index contributed by atoms with van der Waals surface area (Å²) in [6.07, 6.45) is 0. The van der Waals surface area contributed by atoms with Gasteiger partial charge in [-0.2, -0.15) is 0 Å². The van der Waals surface area contributed by atoms with E-state index in [0.717, 1.165) is 129 Å². The van der Waals surface area contributed by atoms with Crippen LogP contribution >= 0.6 is 0 Å². The third kappa shape index (κ3) is 25.0. The highest BCUT2D eigenvalue weighted by Gasteiger charge is 2.21. The Morgan fingerprint density at radius 2 is 0.255 bits per heavy atom. The average molecular weight is 1920 g/mol. The molecule has 0 saturated carbocycles. The highest BCUT2D eigenvalue weighted by molar-refractivity contribution is 5.81. The molecule has 0 amide bonds. The van der Waals surface area contributed by atoms with E-state index in [2.05, 4.69) is 289 Å². The summed E-state index contributed by atoms with van der Waals surface area (Å²) in [5, 5.41) is 0. The SMILES string of the molecule is Cc1cc(-c2ccccc2)cc(-c2nc(-c3ccccc3)cc(-c3ccccc3)n2)c1.Cc1cc(C)cc(-c2nc(-c3ccccc3)cc(-c3ccccc3)n2)c1.Cc1ccc(-c2cccc(-c3nc(-c4ccccc4)nc(-c4ccccc4)n3)c2)cc1.Cc1cccc(-c2cccc(-c3nc(-c4ccccc4)nc(-c4ccccc4)n3)c2)c1.c1ccc(-c2ccc(-c3nc(-c4ccccc4)nc(-c4ccccc4)n3)cc2)cc1. The lowest BCUT2D eigenvalue weighted by Gasteiger charge is -2.11. The molecule has 0 fully saturated rings. The third-order valence-corrected chi connectivity index (χ3v) is 25.0. The molecule has 19 aromatic carbocycles. The number of aryl methyl sites for hydroxylation is 5. The number of aromatic nitrogens is 13. The monoisotopic (exact) mass is 1920 g/mol. The second-order valence-corrected chi connectivity index (χ2v) is 36.2. The van der Waals surface area contributed by atoms with E-state index in [0.29, 0.717) is 52.4 Å². The Balaban J connectivity index is 0.000000113. The Hall–Kier alpha value is -19.6. The van der Waals surface area contributed by atoms with E-state index < -0.39 is 0 Å². The Labute approximate surface area is 869 Å². The molecular formula is C136H103N13. The molecule has 0 bridgehead atoms. The summed E-state index contributed by atoms with van der Waals surface area (Å²) in [6, 6.07) is 181. The smallest absolute Gasteiger partial charge is 0.164 e. The number of hydrogen-bond acceptors (Lipinski definition) is 13. The quantitative estimate of drug-likeness (QED) is 0.0751. The van der Waals surface area contributed by atoms with Crippen LogP contribution in [0.1, 0.15) is 27.8 Å². The molecule has 0 aliphatic rings. The summed E-state index contributed by atoms with van der Waals surface area (Å²) in [4.78, 5) is 62.8. The molecule has 13 nitrogen and oxygen atoms in total. The molecule has 149 heavy (non-hydrogen) atoms. The van der Waals surface area contributed by atoms with Gasteiger partial charge in [-0.3, -0.25) is 0 Å². The van der Waals surface area contributed by atoms with Crippen molar-refractivity contribution in [2.45, 2.75) is 34.6 Å². The van der Waals surface area contributed by atoms with E-state index in [1.807, 2.05) is 279 Å². The van der Waals surface area contributed by atoms with Crippen LogP contribution in [-0.4, -0.2) is 64.8 Å². The van der Waals surface area contributed by atoms with Gasteiger partial charge in [0.2, 0.25) is 0 Å². The minimum Gasteiger partial charge on any atom is -0.228 e. The Kier molecular flexibility index (Phi) is 30.6. The van der Waals surface area contributed by atoms with Crippen LogP contribution < -0.4 is 0 Å². The van der Waals surface area contributed by atoms with Gasteiger partial charge in [0.15, 0.2) is 64.1 Å². The molecule has 0 saturated heterocycles. The van der Waals surface area contributed by atoms with Crippen molar-refractivity contribution in [2.24, 2.45) is 0 Å². The second kappa shape index (κ2) is 47.1. The van der Waals surface area contributed by atoms with Crippen LogP contribution in [0.3, 0.4) is 0 Å². The molecule has 0 atom stereocenters. The Bertz CT molecular complexity index is 8280. The summed E-state index contributed by atoms with van der Waals surface area (Å²) >= 11 is 0. The minimum absolute atomic E-state index is 0.668. The van der Waals surface area contributed by atoms with E-state index in [-0.39, 0.29) is 0 Å². The van der Waals surface area contributed by atoms with E-state index in [1.165, 1.54) is 61.2 Å². The maximum Gasteiger partial charge on any atom is 0.164 e. The molecule has 0 unspecified atom stereocenters. The highest BCUT2D eigenvalue weighted by atomic mass is 15.1. The molecule has 5 heterocycles. The largest absolute Gasteiger partial charge is 0.228 e. The number of hydrogen-bond donors (Lipinski definition) is 0. The van der Waals surface area contributed by atoms with Gasteiger partial charge in [0, 0.05) is 83.5 Å². The molecule has 24 rings (SSSR count). The molecule has 0 aliphatic heterocycles. The van der Waals surface area contributed by atoms with Crippen molar-refractivity contribution in [1.29, 1.82) is 0 Å². The van der Waals surface area contributed by atoms with Crippen molar-refractivity contribution < 1.29 is 0 Å². The van der Waals surface area contributed by atoms with Crippen molar-refractivity contribution in [1.82, 2.24) is 64.8 Å². The normalized spacial score (nSPS) is 10.7. The standard InChI is InChI=1S/C29H22N2.2C28H21N3.C27H19N3.C24H20N2/c1-21-17-25(22-11-5-2-6-12-22)19-26(18-21)29-30-27(23-13-7-3-8-14-23)20-28(31-29)24-15-9-4-10-16-24;1-20-10-8-15-23(18-20)24-16-9-17-25(19-24)28-30-26(21-11-4-2-5-12-21)29-27(31-28)22-13-6-3-7-14-22;1-20-15-17-21(18-16-20)24-13-8-14-25(19-24)28-30-26(22-9-4-2-5-10-22)29-27(31-28)23-11-6-3-7-12-23;1-4-10-20(11-5-1)21-16-18-24(19-17-21)27-29-25(22-12-6-2-7-13-22)28-26(30-27)23-14-8-3-9-15-23;1-17-13-18(2)15-21(14-17)24-25-22(19-9-5-3-6-10-19)16-23(26-24)20-11-7-4-8-12-20/h2-20H,1H3;2*2-19H,1H3;1-19H;3-16H,1-2H3. The maximum absolute atomic E-state index is 4.96. The van der Waals surface area contributed by atoms with E-state index in [9.17, 15) is 0 Å². The van der Waals surface area contributed by atoms with Crippen LogP contribution in [0.2, 0.25) is 0 Å². The van der Waals surface area contributed by atoms with Crippen LogP contribution in [-0.2, 0) is 0 Å². The van der Waals surface area contributed by atoms with Gasteiger partial charge in [0.1, 0.15) is 0 Å². The fourth-order valence-corrected chi connectivity index (χ4v) is 17.5. The van der Waals surface area contributed by atoms with Gasteiger partial charge in [0.05, 0.1) is 22.8 Å². The average Bonchev–Trinajstić information content (AvgIpc) is 0.796. The lowest BCUT2D eigenvalue weighted by Crippen LogP contribution is -2.00. The fourth-order valence-electron chi connectivity index (χ4n) is 17.5. The van der Waals surface area contributed by atoms with Crippen molar-refractivity contribution >= 4 is 0 Å². The van der Waals surface area contributed by atoms with Gasteiger partial charge >= 0.3 is 0 Å². The van der Waals surface area contributed by atoms with Gasteiger partial charge in [0.25, 0.3) is 0 Å². The van der Waals surface area contributed by atoms with E-state index >= 15 is 0 Å². The van der Waals surface area contributed by atoms with Gasteiger partial charge in [-0.15, -0.1) is 0 Å². The summed E-state index contributed by atoms with van der Waals surface area (Å²) < 4.78 is 0. The Morgan fingerprint density at radius 3 is 0.550 bits per heavy atom.